The van der Waals surface area contributed by atoms with Gasteiger partial charge in [0, 0.05) is 18.7 Å². The summed E-state index contributed by atoms with van der Waals surface area (Å²) < 4.78 is 30.9. The maximum Gasteiger partial charge on any atom is 0.305 e. The summed E-state index contributed by atoms with van der Waals surface area (Å²) in [4.78, 5) is 11.3. The van der Waals surface area contributed by atoms with Gasteiger partial charge in [-0.15, -0.1) is 0 Å². The minimum absolute atomic E-state index is 0.0844. The van der Waals surface area contributed by atoms with E-state index >= 15 is 0 Å². The quantitative estimate of drug-likeness (QED) is 0.374. The summed E-state index contributed by atoms with van der Waals surface area (Å²) in [5.74, 6) is -0.264. The summed E-state index contributed by atoms with van der Waals surface area (Å²) >= 11 is 0. The fraction of sp³-hybridized carbons (Fsp3) is 0.462. The van der Waals surface area contributed by atoms with Crippen molar-refractivity contribution in [2.24, 2.45) is 0 Å². The highest BCUT2D eigenvalue weighted by molar-refractivity contribution is 7.89. The molecule has 0 amide bonds. The first-order chi connectivity index (χ1) is 9.90. The molecule has 0 saturated carbocycles. The van der Waals surface area contributed by atoms with E-state index in [0.29, 0.717) is 30.9 Å². The molecule has 0 spiro atoms. The zero-order valence-corrected chi connectivity index (χ0v) is 13.0. The van der Waals surface area contributed by atoms with Crippen LogP contribution < -0.4 is 15.8 Å². The highest BCUT2D eigenvalue weighted by Gasteiger charge is 2.16. The van der Waals surface area contributed by atoms with E-state index in [1.807, 2.05) is 0 Å². The molecule has 7 nitrogen and oxygen atoms in total. The van der Waals surface area contributed by atoms with E-state index < -0.39 is 10.0 Å². The molecular weight excluding hydrogens is 294 g/mol. The van der Waals surface area contributed by atoms with E-state index in [4.69, 9.17) is 10.5 Å². The maximum absolute atomic E-state index is 11.9. The molecule has 0 saturated heterocycles. The van der Waals surface area contributed by atoms with Crippen LogP contribution in [0.5, 0.6) is 0 Å². The Bertz CT molecular complexity index is 587. The molecule has 1 rings (SSSR count). The molecule has 0 aliphatic rings. The van der Waals surface area contributed by atoms with Crippen molar-refractivity contribution in [2.45, 2.75) is 24.7 Å². The lowest BCUT2D eigenvalue weighted by molar-refractivity contribution is -0.143. The second kappa shape index (κ2) is 7.84. The number of esters is 1. The zero-order chi connectivity index (χ0) is 15.9. The van der Waals surface area contributed by atoms with Crippen LogP contribution in [0.2, 0.25) is 0 Å². The predicted molar refractivity (Wildman–Crippen MR) is 81.5 cm³/mol. The van der Waals surface area contributed by atoms with Crippen LogP contribution in [-0.2, 0) is 19.6 Å². The molecule has 0 aromatic heterocycles. The maximum atomic E-state index is 11.9. The average molecular weight is 315 g/mol. The Morgan fingerprint density at radius 3 is 2.71 bits per heavy atom. The third-order valence-electron chi connectivity index (χ3n) is 2.74. The van der Waals surface area contributed by atoms with Crippen LogP contribution in [0.4, 0.5) is 11.4 Å². The Labute approximate surface area is 124 Å². The molecule has 118 valence electrons. The van der Waals surface area contributed by atoms with E-state index in [2.05, 4.69) is 10.0 Å². The molecule has 4 N–H and O–H groups in total. The SMILES string of the molecule is CCOC(=O)CCCNc1ccc(N)cc1S(=O)(=O)NC. The Morgan fingerprint density at radius 2 is 2.10 bits per heavy atom. The Morgan fingerprint density at radius 1 is 1.38 bits per heavy atom. The summed E-state index contributed by atoms with van der Waals surface area (Å²) in [5, 5.41) is 3.00. The number of nitrogens with two attached hydrogens (primary N) is 1. The van der Waals surface area contributed by atoms with Crippen molar-refractivity contribution in [3.05, 3.63) is 18.2 Å². The highest BCUT2D eigenvalue weighted by atomic mass is 32.2. The van der Waals surface area contributed by atoms with Crippen LogP contribution in [-0.4, -0.2) is 34.6 Å². The number of anilines is 2. The minimum Gasteiger partial charge on any atom is -0.466 e. The third-order valence-corrected chi connectivity index (χ3v) is 4.20. The third kappa shape index (κ3) is 5.24. The van der Waals surface area contributed by atoms with Gasteiger partial charge >= 0.3 is 5.97 Å². The number of benzene rings is 1. The number of carbonyl (C=O) groups excluding carboxylic acids is 1. The first kappa shape index (κ1) is 17.3. The standard InChI is InChI=1S/C13H21N3O4S/c1-3-20-13(17)5-4-8-16-11-7-6-10(14)9-12(11)21(18,19)15-2/h6-7,9,15-16H,3-5,8,14H2,1-2H3. The summed E-state index contributed by atoms with van der Waals surface area (Å²) in [6.07, 6.45) is 0.826. The summed E-state index contributed by atoms with van der Waals surface area (Å²) in [6, 6.07) is 4.60. The summed E-state index contributed by atoms with van der Waals surface area (Å²) in [7, 11) is -2.26. The number of carbonyl (C=O) groups is 1. The van der Waals surface area contributed by atoms with Gasteiger partial charge in [-0.05, 0) is 38.6 Å². The number of rotatable bonds is 8. The van der Waals surface area contributed by atoms with Gasteiger partial charge in [-0.2, -0.15) is 0 Å². The molecule has 0 heterocycles. The van der Waals surface area contributed by atoms with Gasteiger partial charge < -0.3 is 15.8 Å². The Balaban J connectivity index is 2.70. The van der Waals surface area contributed by atoms with Gasteiger partial charge in [-0.3, -0.25) is 4.79 Å². The fourth-order valence-electron chi connectivity index (χ4n) is 1.71. The van der Waals surface area contributed by atoms with Crippen molar-refractivity contribution in [1.29, 1.82) is 0 Å². The van der Waals surface area contributed by atoms with Crippen LogP contribution in [0.3, 0.4) is 0 Å². The molecule has 8 heteroatoms. The second-order valence-corrected chi connectivity index (χ2v) is 6.15. The molecular formula is C13H21N3O4S. The van der Waals surface area contributed by atoms with Gasteiger partial charge in [0.15, 0.2) is 0 Å². The second-order valence-electron chi connectivity index (χ2n) is 4.30. The van der Waals surface area contributed by atoms with Gasteiger partial charge in [0.1, 0.15) is 4.90 Å². The first-order valence-corrected chi connectivity index (χ1v) is 8.11. The van der Waals surface area contributed by atoms with Crippen molar-refractivity contribution in [3.8, 4) is 0 Å². The van der Waals surface area contributed by atoms with Gasteiger partial charge in [0.2, 0.25) is 10.0 Å². The van der Waals surface area contributed by atoms with E-state index in [1.165, 1.54) is 13.1 Å². The lowest BCUT2D eigenvalue weighted by atomic mass is 10.2. The van der Waals surface area contributed by atoms with Crippen molar-refractivity contribution in [2.75, 3.05) is 31.2 Å². The van der Waals surface area contributed by atoms with Crippen molar-refractivity contribution >= 4 is 27.4 Å². The van der Waals surface area contributed by atoms with Crippen LogP contribution in [0, 0.1) is 0 Å². The summed E-state index contributed by atoms with van der Waals surface area (Å²) in [6.45, 7) is 2.56. The lowest BCUT2D eigenvalue weighted by Crippen LogP contribution is -2.20. The van der Waals surface area contributed by atoms with E-state index in [0.717, 1.165) is 0 Å². The van der Waals surface area contributed by atoms with Crippen LogP contribution in [0.1, 0.15) is 19.8 Å². The molecule has 0 atom stereocenters. The molecule has 0 fully saturated rings. The number of hydrogen-bond acceptors (Lipinski definition) is 6. The highest BCUT2D eigenvalue weighted by Crippen LogP contribution is 2.23. The molecule has 0 aliphatic carbocycles. The molecule has 0 bridgehead atoms. The number of nitrogen functional groups attached to an aromatic ring is 1. The number of sulfonamides is 1. The lowest BCUT2D eigenvalue weighted by Gasteiger charge is -2.12. The smallest absolute Gasteiger partial charge is 0.305 e. The van der Waals surface area contributed by atoms with Crippen LogP contribution in [0.25, 0.3) is 0 Å². The largest absolute Gasteiger partial charge is 0.466 e. The summed E-state index contributed by atoms with van der Waals surface area (Å²) in [5.41, 5.74) is 6.43. The Kier molecular flexibility index (Phi) is 6.44. The van der Waals surface area contributed by atoms with Gasteiger partial charge in [0.05, 0.1) is 12.3 Å². The molecule has 0 aliphatic heterocycles. The van der Waals surface area contributed by atoms with Crippen LogP contribution in [0.15, 0.2) is 23.1 Å². The number of ether oxygens (including phenoxy) is 1. The average Bonchev–Trinajstić information content (AvgIpc) is 2.45. The van der Waals surface area contributed by atoms with Gasteiger partial charge in [-0.25, -0.2) is 13.1 Å². The fourth-order valence-corrected chi connectivity index (χ4v) is 2.65. The van der Waals surface area contributed by atoms with Crippen LogP contribution >= 0.6 is 0 Å². The van der Waals surface area contributed by atoms with E-state index in [-0.39, 0.29) is 17.3 Å². The first-order valence-electron chi connectivity index (χ1n) is 6.63. The van der Waals surface area contributed by atoms with Gasteiger partial charge in [-0.1, -0.05) is 0 Å². The van der Waals surface area contributed by atoms with E-state index in [1.54, 1.807) is 19.1 Å². The molecule has 0 radical (unpaired) electrons. The number of hydrogen-bond donors (Lipinski definition) is 3. The molecule has 1 aromatic rings. The zero-order valence-electron chi connectivity index (χ0n) is 12.2. The molecule has 1 aromatic carbocycles. The van der Waals surface area contributed by atoms with Crippen molar-refractivity contribution < 1.29 is 17.9 Å². The topological polar surface area (TPSA) is 111 Å². The monoisotopic (exact) mass is 315 g/mol. The van der Waals surface area contributed by atoms with E-state index in [9.17, 15) is 13.2 Å². The Hall–Kier alpha value is -1.80. The normalized spacial score (nSPS) is 11.1. The van der Waals surface area contributed by atoms with Gasteiger partial charge in [0.25, 0.3) is 0 Å². The molecule has 21 heavy (non-hydrogen) atoms. The number of nitrogens with one attached hydrogen (secondary N) is 2. The van der Waals surface area contributed by atoms with Crippen molar-refractivity contribution in [1.82, 2.24) is 4.72 Å². The minimum atomic E-state index is -3.60. The van der Waals surface area contributed by atoms with Crippen molar-refractivity contribution in [3.63, 3.8) is 0 Å². The predicted octanol–water partition coefficient (Wildman–Crippen LogP) is 0.932. The molecule has 0 unspecified atom stereocenters.